The Hall–Kier alpha value is -5.42. The lowest BCUT2D eigenvalue weighted by molar-refractivity contribution is -0.383. The van der Waals surface area contributed by atoms with Crippen LogP contribution < -0.4 is 20.7 Å². The largest absolute Gasteiger partial charge is 0.497 e. The Bertz CT molecular complexity index is 1830. The Kier molecular flexibility index (Phi) is 8.54. The van der Waals surface area contributed by atoms with Crippen LogP contribution in [0.3, 0.4) is 0 Å². The van der Waals surface area contributed by atoms with E-state index < -0.39 is 10.8 Å². The molecule has 0 unspecified atom stereocenters. The quantitative estimate of drug-likeness (QED) is 0.0939. The molecular weight excluding hydrogens is 574 g/mol. The number of nitrogens with zero attached hydrogens (tertiary/aromatic N) is 2. The Balaban J connectivity index is 1.28. The van der Waals surface area contributed by atoms with Crippen LogP contribution in [0.4, 0.5) is 17.1 Å². The van der Waals surface area contributed by atoms with E-state index in [-0.39, 0.29) is 41.0 Å². The Morgan fingerprint density at radius 3 is 2.47 bits per heavy atom. The number of aryl methyl sites for hydroxylation is 1. The normalized spacial score (nSPS) is 10.8. The molecule has 12 heteroatoms. The predicted molar refractivity (Wildman–Crippen MR) is 164 cm³/mol. The van der Waals surface area contributed by atoms with Crippen LogP contribution in [0.25, 0.3) is 22.0 Å². The summed E-state index contributed by atoms with van der Waals surface area (Å²) in [5.41, 5.74) is 1.76. The molecule has 43 heavy (non-hydrogen) atoms. The van der Waals surface area contributed by atoms with Gasteiger partial charge in [-0.2, -0.15) is 0 Å². The molecule has 2 amide bonds. The van der Waals surface area contributed by atoms with Crippen molar-refractivity contribution in [2.45, 2.75) is 6.92 Å². The van der Waals surface area contributed by atoms with Crippen LogP contribution >= 0.6 is 11.6 Å². The molecule has 0 aliphatic rings. The molecule has 1 aromatic heterocycles. The number of methoxy groups -OCH3 is 1. The van der Waals surface area contributed by atoms with E-state index in [1.165, 1.54) is 13.2 Å². The van der Waals surface area contributed by atoms with E-state index in [1.807, 2.05) is 42.5 Å². The monoisotopic (exact) mass is 599 g/mol. The molecule has 0 atom stereocenters. The fourth-order valence-electron chi connectivity index (χ4n) is 4.60. The van der Waals surface area contributed by atoms with Crippen LogP contribution in [0.1, 0.15) is 26.5 Å². The SMILES string of the molecule is COc1ccc(C(=O)Nc2cc(NCCNC(=O)c3c(-c4cccc5ccccc45)noc3C)c(Cl)cc2[N+](=O)[O-])cc1. The van der Waals surface area contributed by atoms with Crippen molar-refractivity contribution in [1.82, 2.24) is 10.5 Å². The predicted octanol–water partition coefficient (Wildman–Crippen LogP) is 6.47. The van der Waals surface area contributed by atoms with E-state index in [2.05, 4.69) is 21.1 Å². The van der Waals surface area contributed by atoms with Crippen molar-refractivity contribution in [2.75, 3.05) is 30.8 Å². The number of benzene rings is 4. The number of carbonyl (C=O) groups is 2. The van der Waals surface area contributed by atoms with Gasteiger partial charge in [0.25, 0.3) is 17.5 Å². The number of aromatic nitrogens is 1. The summed E-state index contributed by atoms with van der Waals surface area (Å²) in [7, 11) is 1.51. The number of nitro benzene ring substituents is 1. The number of nitrogens with one attached hydrogen (secondary N) is 3. The zero-order chi connectivity index (χ0) is 30.5. The second-order valence-corrected chi connectivity index (χ2v) is 9.87. The molecule has 3 N–H and O–H groups in total. The highest BCUT2D eigenvalue weighted by Gasteiger charge is 2.23. The number of ether oxygens (including phenoxy) is 1. The molecule has 4 aromatic carbocycles. The van der Waals surface area contributed by atoms with E-state index in [0.29, 0.717) is 28.5 Å². The van der Waals surface area contributed by atoms with E-state index in [9.17, 15) is 19.7 Å². The summed E-state index contributed by atoms with van der Waals surface area (Å²) in [6.45, 7) is 2.08. The number of hydrogen-bond acceptors (Lipinski definition) is 8. The molecule has 0 bridgehead atoms. The molecule has 0 spiro atoms. The summed E-state index contributed by atoms with van der Waals surface area (Å²) in [5.74, 6) is 0.0312. The lowest BCUT2D eigenvalue weighted by Crippen LogP contribution is -2.29. The van der Waals surface area contributed by atoms with Crippen molar-refractivity contribution in [1.29, 1.82) is 0 Å². The zero-order valence-corrected chi connectivity index (χ0v) is 23.9. The van der Waals surface area contributed by atoms with Gasteiger partial charge in [-0.1, -0.05) is 59.2 Å². The summed E-state index contributed by atoms with van der Waals surface area (Å²) in [4.78, 5) is 37.0. The summed E-state index contributed by atoms with van der Waals surface area (Å²) >= 11 is 6.31. The smallest absolute Gasteiger partial charge is 0.294 e. The molecule has 218 valence electrons. The first-order valence-corrected chi connectivity index (χ1v) is 13.5. The topological polar surface area (TPSA) is 149 Å². The standard InChI is InChI=1S/C31H26ClN5O6/c1-18-28(29(36-43-18)23-9-5-7-19-6-3-4-8-22(19)23)31(39)34-15-14-33-25-17-26(27(37(40)41)16-24(25)32)35-30(38)20-10-12-21(42-2)13-11-20/h3-13,16-17,33H,14-15H2,1-2H3,(H,34,39)(H,35,38). The van der Waals surface area contributed by atoms with Crippen molar-refractivity contribution >= 4 is 51.2 Å². The maximum absolute atomic E-state index is 13.2. The number of carbonyl (C=O) groups excluding carboxylic acids is 2. The molecule has 0 aliphatic heterocycles. The first kappa shape index (κ1) is 29.1. The lowest BCUT2D eigenvalue weighted by Gasteiger charge is -2.13. The highest BCUT2D eigenvalue weighted by atomic mass is 35.5. The third-order valence-corrected chi connectivity index (χ3v) is 7.06. The third-order valence-electron chi connectivity index (χ3n) is 6.74. The number of rotatable bonds is 10. The first-order chi connectivity index (χ1) is 20.8. The molecule has 0 fully saturated rings. The number of halogens is 1. The van der Waals surface area contributed by atoms with Gasteiger partial charge >= 0.3 is 0 Å². The highest BCUT2D eigenvalue weighted by Crippen LogP contribution is 2.35. The van der Waals surface area contributed by atoms with Crippen molar-refractivity contribution in [2.24, 2.45) is 0 Å². The minimum Gasteiger partial charge on any atom is -0.497 e. The maximum atomic E-state index is 13.2. The van der Waals surface area contributed by atoms with Crippen LogP contribution in [0.2, 0.25) is 5.02 Å². The zero-order valence-electron chi connectivity index (χ0n) is 23.1. The molecule has 0 radical (unpaired) electrons. The first-order valence-electron chi connectivity index (χ1n) is 13.2. The van der Waals surface area contributed by atoms with Gasteiger partial charge in [0.15, 0.2) is 0 Å². The van der Waals surface area contributed by atoms with Gasteiger partial charge in [0, 0.05) is 30.3 Å². The van der Waals surface area contributed by atoms with Crippen molar-refractivity contribution in [3.8, 4) is 17.0 Å². The summed E-state index contributed by atoms with van der Waals surface area (Å²) < 4.78 is 10.5. The van der Waals surface area contributed by atoms with Crippen LogP contribution in [0.5, 0.6) is 5.75 Å². The third kappa shape index (κ3) is 6.26. The fraction of sp³-hybridized carbons (Fsp3) is 0.129. The van der Waals surface area contributed by atoms with Crippen LogP contribution in [0.15, 0.2) is 83.4 Å². The second kappa shape index (κ2) is 12.6. The van der Waals surface area contributed by atoms with Gasteiger partial charge in [-0.15, -0.1) is 0 Å². The lowest BCUT2D eigenvalue weighted by atomic mass is 9.99. The molecule has 0 saturated heterocycles. The van der Waals surface area contributed by atoms with Gasteiger partial charge in [-0.05, 0) is 48.0 Å². The van der Waals surface area contributed by atoms with E-state index >= 15 is 0 Å². The molecule has 5 aromatic rings. The van der Waals surface area contributed by atoms with Crippen molar-refractivity contribution in [3.63, 3.8) is 0 Å². The average Bonchev–Trinajstić information content (AvgIpc) is 3.40. The summed E-state index contributed by atoms with van der Waals surface area (Å²) in [5, 5.41) is 26.3. The molecular formula is C31H26ClN5O6. The molecule has 0 saturated carbocycles. The van der Waals surface area contributed by atoms with Crippen molar-refractivity contribution in [3.05, 3.63) is 111 Å². The van der Waals surface area contributed by atoms with E-state index in [1.54, 1.807) is 31.2 Å². The number of hydrogen-bond donors (Lipinski definition) is 3. The summed E-state index contributed by atoms with van der Waals surface area (Å²) in [6.07, 6.45) is 0. The number of anilines is 2. The summed E-state index contributed by atoms with van der Waals surface area (Å²) in [6, 6.07) is 22.4. The highest BCUT2D eigenvalue weighted by molar-refractivity contribution is 6.33. The minimum atomic E-state index is -0.631. The van der Waals surface area contributed by atoms with Gasteiger partial charge in [0.2, 0.25) is 0 Å². The maximum Gasteiger partial charge on any atom is 0.294 e. The molecule has 5 rings (SSSR count). The van der Waals surface area contributed by atoms with Crippen LogP contribution in [-0.4, -0.2) is 42.1 Å². The van der Waals surface area contributed by atoms with Gasteiger partial charge in [-0.25, -0.2) is 0 Å². The van der Waals surface area contributed by atoms with Crippen LogP contribution in [0, 0.1) is 17.0 Å². The number of nitro groups is 1. The molecule has 0 aliphatic carbocycles. The van der Waals surface area contributed by atoms with Gasteiger partial charge < -0.3 is 25.2 Å². The van der Waals surface area contributed by atoms with Gasteiger partial charge in [0.1, 0.15) is 28.5 Å². The van der Waals surface area contributed by atoms with Crippen molar-refractivity contribution < 1.29 is 23.8 Å². The average molecular weight is 600 g/mol. The fourth-order valence-corrected chi connectivity index (χ4v) is 4.83. The number of fused-ring (bicyclic) bond motifs is 1. The second-order valence-electron chi connectivity index (χ2n) is 9.46. The number of amides is 2. The minimum absolute atomic E-state index is 0.0402. The van der Waals surface area contributed by atoms with Crippen LogP contribution in [-0.2, 0) is 0 Å². The van der Waals surface area contributed by atoms with Gasteiger partial charge in [0.05, 0.1) is 22.7 Å². The molecule has 11 nitrogen and oxygen atoms in total. The van der Waals surface area contributed by atoms with E-state index in [0.717, 1.165) is 22.4 Å². The van der Waals surface area contributed by atoms with E-state index in [4.69, 9.17) is 20.9 Å². The Morgan fingerprint density at radius 1 is 0.977 bits per heavy atom. The van der Waals surface area contributed by atoms with Gasteiger partial charge in [-0.3, -0.25) is 19.7 Å². The Morgan fingerprint density at radius 2 is 1.72 bits per heavy atom. The molecule has 1 heterocycles. The Labute approximate surface area is 250 Å².